The Morgan fingerprint density at radius 2 is 1.54 bits per heavy atom. The van der Waals surface area contributed by atoms with E-state index in [1.807, 2.05) is 0 Å². The van der Waals surface area contributed by atoms with E-state index in [-0.39, 0.29) is 22.8 Å². The van der Waals surface area contributed by atoms with Gasteiger partial charge in [0.15, 0.2) is 42.6 Å². The molecule has 6 rings (SSSR count). The number of pyridine rings is 1. The van der Waals surface area contributed by atoms with Crippen molar-refractivity contribution in [2.24, 2.45) is 0 Å². The molecule has 61 heavy (non-hydrogen) atoms. The SMILES string of the molecule is CC(=O)O[C@@H]1[C@@H](OC(C)=O)[C@@H]([C@]2(O)[C@H](OC(C)=O)[C@@H](OC(C)=O)[C@H](OCc3ccc(Cl)c([N+](=O)[O-])c3)O[C@@H]2COC(=O)c2cccnc2)O[C@@H]2CO[C@@H](c3ccccc3)O[C@@H]12. The van der Waals surface area contributed by atoms with Crippen molar-refractivity contribution in [1.29, 1.82) is 0 Å². The Balaban J connectivity index is 1.46. The molecule has 0 bridgehead atoms. The standard InChI is InChI=1S/C40H41ClN2O18/c1-20(44)55-32-31-29(18-54-38(61-31)25-9-6-5-7-10-25)59-35(33(32)56-21(2)45)40(49)30(19-52-37(48)26-11-8-14-42-16-26)60-39(34(57-22(3)46)36(40)58-23(4)47)53-17-24-12-13-27(41)28(15-24)43(50)51/h5-16,29-36,38-39,49H,17-19H2,1-4H3/t29-,30-,31-,32+,33-,34-,35+,36-,38-,39-,40+/m1/s1. The predicted molar refractivity (Wildman–Crippen MR) is 202 cm³/mol. The van der Waals surface area contributed by atoms with Crippen molar-refractivity contribution in [3.63, 3.8) is 0 Å². The van der Waals surface area contributed by atoms with Gasteiger partial charge in [0, 0.05) is 51.7 Å². The van der Waals surface area contributed by atoms with Gasteiger partial charge in [-0.1, -0.05) is 48.0 Å². The van der Waals surface area contributed by atoms with E-state index in [1.54, 1.807) is 30.3 Å². The Labute approximate surface area is 352 Å². The molecule has 0 aliphatic carbocycles. The number of hydrogen-bond acceptors (Lipinski definition) is 19. The molecule has 21 heteroatoms. The fourth-order valence-corrected chi connectivity index (χ4v) is 7.49. The van der Waals surface area contributed by atoms with Gasteiger partial charge in [0.05, 0.1) is 23.7 Å². The second-order valence-corrected chi connectivity index (χ2v) is 14.5. The van der Waals surface area contributed by atoms with E-state index in [1.165, 1.54) is 36.7 Å². The lowest BCUT2D eigenvalue weighted by Crippen LogP contribution is -2.79. The summed E-state index contributed by atoms with van der Waals surface area (Å²) in [6.45, 7) is 2.51. The number of nitrogens with zero attached hydrogens (tertiary/aromatic N) is 2. The molecular formula is C40H41ClN2O18. The highest BCUT2D eigenvalue weighted by molar-refractivity contribution is 6.32. The van der Waals surface area contributed by atoms with E-state index >= 15 is 0 Å². The topological polar surface area (TPSA) is 254 Å². The molecule has 2 aromatic carbocycles. The van der Waals surface area contributed by atoms with Gasteiger partial charge in [-0.2, -0.15) is 0 Å². The molecule has 0 amide bonds. The van der Waals surface area contributed by atoms with E-state index in [0.717, 1.165) is 33.8 Å². The Bertz CT molecular complexity index is 2090. The van der Waals surface area contributed by atoms with E-state index in [4.69, 9.17) is 59.0 Å². The van der Waals surface area contributed by atoms with Crippen molar-refractivity contribution in [3.8, 4) is 0 Å². The zero-order valence-electron chi connectivity index (χ0n) is 33.0. The molecule has 0 radical (unpaired) electrons. The molecule has 0 unspecified atom stereocenters. The predicted octanol–water partition coefficient (Wildman–Crippen LogP) is 3.08. The summed E-state index contributed by atoms with van der Waals surface area (Å²) in [6.07, 6.45) is -13.7. The van der Waals surface area contributed by atoms with Crippen LogP contribution >= 0.6 is 11.6 Å². The fraction of sp³-hybridized carbons (Fsp3) is 0.450. The van der Waals surface area contributed by atoms with Crippen LogP contribution in [0, 0.1) is 10.1 Å². The minimum absolute atomic E-state index is 0.0118. The third-order valence-corrected chi connectivity index (χ3v) is 10.1. The summed E-state index contributed by atoms with van der Waals surface area (Å²) in [4.78, 5) is 79.6. The summed E-state index contributed by atoms with van der Waals surface area (Å²) in [7, 11) is 0. The van der Waals surface area contributed by atoms with Gasteiger partial charge in [0.2, 0.25) is 0 Å². The van der Waals surface area contributed by atoms with Crippen molar-refractivity contribution < 1.29 is 81.4 Å². The molecule has 3 fully saturated rings. The maximum atomic E-state index is 13.3. The lowest BCUT2D eigenvalue weighted by Gasteiger charge is -2.57. The highest BCUT2D eigenvalue weighted by atomic mass is 35.5. The van der Waals surface area contributed by atoms with Crippen molar-refractivity contribution in [3.05, 3.63) is 105 Å². The highest BCUT2D eigenvalue weighted by Crippen LogP contribution is 2.46. The largest absolute Gasteiger partial charge is 0.459 e. The molecule has 0 saturated carbocycles. The number of halogens is 1. The van der Waals surface area contributed by atoms with Gasteiger partial charge in [-0.05, 0) is 23.8 Å². The number of aromatic nitrogens is 1. The van der Waals surface area contributed by atoms with Gasteiger partial charge in [0.25, 0.3) is 5.69 Å². The molecule has 4 heterocycles. The van der Waals surface area contributed by atoms with Crippen molar-refractivity contribution in [2.75, 3.05) is 13.2 Å². The zero-order chi connectivity index (χ0) is 44.0. The van der Waals surface area contributed by atoms with Crippen LogP contribution in [0.4, 0.5) is 5.69 Å². The van der Waals surface area contributed by atoms with Crippen LogP contribution in [0.3, 0.4) is 0 Å². The third-order valence-electron chi connectivity index (χ3n) is 9.77. The Hall–Kier alpha value is -5.61. The van der Waals surface area contributed by atoms with Gasteiger partial charge < -0.3 is 52.5 Å². The van der Waals surface area contributed by atoms with E-state index in [0.29, 0.717) is 5.56 Å². The van der Waals surface area contributed by atoms with Gasteiger partial charge in [-0.15, -0.1) is 0 Å². The second kappa shape index (κ2) is 19.4. The van der Waals surface area contributed by atoms with Crippen LogP contribution < -0.4 is 0 Å². The average molecular weight is 873 g/mol. The summed E-state index contributed by atoms with van der Waals surface area (Å²) in [5.74, 6) is -4.77. The maximum Gasteiger partial charge on any atom is 0.339 e. The molecule has 1 N–H and O–H groups in total. The quantitative estimate of drug-likeness (QED) is 0.112. The number of esters is 5. The van der Waals surface area contributed by atoms with Crippen LogP contribution in [0.1, 0.15) is 55.5 Å². The molecule has 3 aliphatic rings. The minimum atomic E-state index is -2.88. The van der Waals surface area contributed by atoms with E-state index < -0.39 is 121 Å². The summed E-state index contributed by atoms with van der Waals surface area (Å²) < 4.78 is 59.6. The zero-order valence-corrected chi connectivity index (χ0v) is 33.7. The number of ether oxygens (including phenoxy) is 10. The van der Waals surface area contributed by atoms with E-state index in [9.17, 15) is 39.2 Å². The molecule has 3 aromatic rings. The van der Waals surface area contributed by atoms with Crippen LogP contribution in [0.5, 0.6) is 0 Å². The molecule has 0 spiro atoms. The number of hydrogen-bond donors (Lipinski definition) is 1. The molecule has 3 saturated heterocycles. The molecular weight excluding hydrogens is 832 g/mol. The molecule has 326 valence electrons. The van der Waals surface area contributed by atoms with Crippen molar-refractivity contribution >= 4 is 47.1 Å². The summed E-state index contributed by atoms with van der Waals surface area (Å²) >= 11 is 6.00. The molecule has 11 atom stereocenters. The number of aliphatic hydroxyl groups is 1. The Morgan fingerprint density at radius 1 is 0.869 bits per heavy atom. The first-order valence-corrected chi connectivity index (χ1v) is 19.1. The summed E-state index contributed by atoms with van der Waals surface area (Å²) in [5.41, 5.74) is -2.56. The number of rotatable bonds is 13. The normalized spacial score (nSPS) is 29.5. The number of carbonyl (C=O) groups is 5. The number of nitro groups is 1. The second-order valence-electron chi connectivity index (χ2n) is 14.1. The first kappa shape index (κ1) is 44.9. The summed E-state index contributed by atoms with van der Waals surface area (Å²) in [6, 6.07) is 15.4. The fourth-order valence-electron chi connectivity index (χ4n) is 7.30. The third kappa shape index (κ3) is 10.3. The Morgan fingerprint density at radius 3 is 2.18 bits per heavy atom. The molecule has 3 aliphatic heterocycles. The monoisotopic (exact) mass is 872 g/mol. The van der Waals surface area contributed by atoms with Crippen LogP contribution in [0.15, 0.2) is 73.1 Å². The Kier molecular flexibility index (Phi) is 14.3. The lowest BCUT2D eigenvalue weighted by atomic mass is 9.74. The number of benzene rings is 2. The maximum absolute atomic E-state index is 13.3. The van der Waals surface area contributed by atoms with Crippen LogP contribution in [0.25, 0.3) is 0 Å². The van der Waals surface area contributed by atoms with Crippen LogP contribution in [0.2, 0.25) is 5.02 Å². The highest BCUT2D eigenvalue weighted by Gasteiger charge is 2.69. The summed E-state index contributed by atoms with van der Waals surface area (Å²) in [5, 5.41) is 24.8. The molecule has 20 nitrogen and oxygen atoms in total. The van der Waals surface area contributed by atoms with Crippen LogP contribution in [-0.4, -0.2) is 119 Å². The van der Waals surface area contributed by atoms with Gasteiger partial charge in [-0.3, -0.25) is 34.3 Å². The number of carbonyl (C=O) groups excluding carboxylic acids is 5. The van der Waals surface area contributed by atoms with Crippen LogP contribution in [-0.2, 0) is 73.2 Å². The minimum Gasteiger partial charge on any atom is -0.459 e. The number of fused-ring (bicyclic) bond motifs is 1. The first-order chi connectivity index (χ1) is 29.1. The number of nitro benzene ring substituents is 1. The lowest BCUT2D eigenvalue weighted by molar-refractivity contribution is -0.390. The van der Waals surface area contributed by atoms with Gasteiger partial charge in [-0.25, -0.2) is 4.79 Å². The first-order valence-electron chi connectivity index (χ1n) is 18.7. The smallest absolute Gasteiger partial charge is 0.339 e. The average Bonchev–Trinajstić information content (AvgIpc) is 3.22. The van der Waals surface area contributed by atoms with Gasteiger partial charge >= 0.3 is 29.8 Å². The van der Waals surface area contributed by atoms with Crippen molar-refractivity contribution in [2.45, 2.75) is 101 Å². The van der Waals surface area contributed by atoms with Crippen molar-refractivity contribution in [1.82, 2.24) is 4.98 Å². The molecule has 1 aromatic heterocycles. The van der Waals surface area contributed by atoms with Gasteiger partial charge in [0.1, 0.15) is 36.0 Å². The van der Waals surface area contributed by atoms with E-state index in [2.05, 4.69) is 4.98 Å².